The lowest BCUT2D eigenvalue weighted by Crippen LogP contribution is -2.46. The van der Waals surface area contributed by atoms with Gasteiger partial charge in [-0.1, -0.05) is 0 Å². The van der Waals surface area contributed by atoms with Gasteiger partial charge in [0.25, 0.3) is 5.69 Å². The molecule has 1 fully saturated rings. The van der Waals surface area contributed by atoms with Crippen molar-refractivity contribution in [2.24, 2.45) is 0 Å². The lowest BCUT2D eigenvalue weighted by Gasteiger charge is -2.33. The van der Waals surface area contributed by atoms with Crippen molar-refractivity contribution in [3.8, 4) is 0 Å². The molecule has 27 heavy (non-hydrogen) atoms. The van der Waals surface area contributed by atoms with Gasteiger partial charge in [-0.15, -0.1) is 0 Å². The van der Waals surface area contributed by atoms with E-state index in [2.05, 4.69) is 9.97 Å². The highest BCUT2D eigenvalue weighted by Gasteiger charge is 2.32. The molecule has 1 aromatic heterocycles. The number of hydrogen-bond donors (Lipinski definition) is 1. The number of piperidine rings is 1. The first-order chi connectivity index (χ1) is 12.6. The minimum atomic E-state index is -1.47. The predicted molar refractivity (Wildman–Crippen MR) is 100.0 cm³/mol. The molecule has 0 radical (unpaired) electrons. The molecule has 2 unspecified atom stereocenters. The first-order valence-corrected chi connectivity index (χ1v) is 9.88. The van der Waals surface area contributed by atoms with Gasteiger partial charge in [-0.3, -0.25) is 14.3 Å². The third-order valence-electron chi connectivity index (χ3n) is 4.18. The van der Waals surface area contributed by atoms with E-state index in [0.717, 1.165) is 6.42 Å². The lowest BCUT2D eigenvalue weighted by atomic mass is 10.1. The van der Waals surface area contributed by atoms with Gasteiger partial charge in [0.05, 0.1) is 32.0 Å². The number of amides is 1. The molecule has 0 saturated carbocycles. The molecule has 1 N–H and O–H groups in total. The minimum Gasteiger partial charge on any atom is -0.444 e. The lowest BCUT2D eigenvalue weighted by molar-refractivity contribution is -0.384. The topological polar surface area (TPSA) is 118 Å². The number of nitro groups is 1. The van der Waals surface area contributed by atoms with Gasteiger partial charge in [-0.05, 0) is 39.7 Å². The average Bonchev–Trinajstić information content (AvgIpc) is 3.02. The van der Waals surface area contributed by atoms with E-state index in [1.165, 1.54) is 18.2 Å². The Morgan fingerprint density at radius 2 is 2.19 bits per heavy atom. The molecule has 2 aromatic rings. The summed E-state index contributed by atoms with van der Waals surface area (Å²) in [7, 11) is -1.47. The number of imidazole rings is 1. The maximum absolute atomic E-state index is 12.9. The van der Waals surface area contributed by atoms with Crippen LogP contribution in [0.1, 0.15) is 33.6 Å². The highest BCUT2D eigenvalue weighted by Crippen LogP contribution is 2.24. The molecule has 1 aliphatic heterocycles. The van der Waals surface area contributed by atoms with E-state index in [1.54, 1.807) is 25.7 Å². The molecule has 0 bridgehead atoms. The number of nitro benzene ring substituents is 1. The number of non-ortho nitro benzene ring substituents is 1. The van der Waals surface area contributed by atoms with Crippen LogP contribution in [0.5, 0.6) is 0 Å². The van der Waals surface area contributed by atoms with Crippen molar-refractivity contribution >= 4 is 33.6 Å². The number of likely N-dealkylation sites (tertiary alicyclic amines) is 1. The van der Waals surface area contributed by atoms with Crippen molar-refractivity contribution in [1.82, 2.24) is 14.9 Å². The molecule has 1 saturated heterocycles. The summed E-state index contributed by atoms with van der Waals surface area (Å²) in [6.07, 6.45) is 1.01. The molecule has 146 valence electrons. The second-order valence-electron chi connectivity index (χ2n) is 7.49. The van der Waals surface area contributed by atoms with Gasteiger partial charge in [0.1, 0.15) is 5.60 Å². The Balaban J connectivity index is 1.76. The summed E-state index contributed by atoms with van der Waals surface area (Å²) in [4.78, 5) is 31.5. The Morgan fingerprint density at radius 1 is 1.44 bits per heavy atom. The quantitative estimate of drug-likeness (QED) is 0.631. The Morgan fingerprint density at radius 3 is 2.85 bits per heavy atom. The number of nitrogens with zero attached hydrogens (tertiary/aromatic N) is 3. The molecule has 1 aromatic carbocycles. The first-order valence-electron chi connectivity index (χ1n) is 8.67. The molecule has 2 atom stereocenters. The number of ether oxygens (including phenoxy) is 1. The van der Waals surface area contributed by atoms with Gasteiger partial charge in [0.15, 0.2) is 5.16 Å². The number of hydrogen-bond acceptors (Lipinski definition) is 6. The molecular formula is C17H22N4O5S. The van der Waals surface area contributed by atoms with Crippen molar-refractivity contribution in [3.05, 3.63) is 28.3 Å². The van der Waals surface area contributed by atoms with Crippen LogP contribution in [0.4, 0.5) is 10.5 Å². The Hall–Kier alpha value is -2.49. The van der Waals surface area contributed by atoms with E-state index < -0.39 is 27.4 Å². The van der Waals surface area contributed by atoms with Crippen LogP contribution in [0.2, 0.25) is 0 Å². The number of aromatic amines is 1. The molecule has 9 nitrogen and oxygen atoms in total. The summed E-state index contributed by atoms with van der Waals surface area (Å²) in [5.74, 6) is 0. The van der Waals surface area contributed by atoms with E-state index in [4.69, 9.17) is 4.74 Å². The largest absolute Gasteiger partial charge is 0.444 e. The summed E-state index contributed by atoms with van der Waals surface area (Å²) in [5.41, 5.74) is 0.338. The van der Waals surface area contributed by atoms with Crippen LogP contribution in [-0.2, 0) is 15.5 Å². The van der Waals surface area contributed by atoms with Gasteiger partial charge >= 0.3 is 6.09 Å². The van der Waals surface area contributed by atoms with Crippen molar-refractivity contribution < 1.29 is 18.7 Å². The molecule has 0 aliphatic carbocycles. The first kappa shape index (κ1) is 19.3. The average molecular weight is 394 g/mol. The second-order valence-corrected chi connectivity index (χ2v) is 9.14. The molecule has 2 heterocycles. The molecule has 1 amide bonds. The van der Waals surface area contributed by atoms with Crippen LogP contribution in [0.3, 0.4) is 0 Å². The van der Waals surface area contributed by atoms with E-state index in [0.29, 0.717) is 30.5 Å². The monoisotopic (exact) mass is 394 g/mol. The van der Waals surface area contributed by atoms with Gasteiger partial charge in [-0.25, -0.2) is 9.78 Å². The summed E-state index contributed by atoms with van der Waals surface area (Å²) >= 11 is 0. The summed E-state index contributed by atoms with van der Waals surface area (Å²) in [6, 6.07) is 4.26. The fourth-order valence-corrected chi connectivity index (χ4v) is 4.36. The summed E-state index contributed by atoms with van der Waals surface area (Å²) in [5, 5.41) is 10.9. The number of aromatic nitrogens is 2. The number of fused-ring (bicyclic) bond motifs is 1. The number of rotatable bonds is 3. The van der Waals surface area contributed by atoms with Crippen LogP contribution >= 0.6 is 0 Å². The fourth-order valence-electron chi connectivity index (χ4n) is 2.95. The molecule has 1 aliphatic rings. The van der Waals surface area contributed by atoms with Crippen LogP contribution in [0.15, 0.2) is 23.4 Å². The van der Waals surface area contributed by atoms with Gasteiger partial charge in [0.2, 0.25) is 0 Å². The van der Waals surface area contributed by atoms with Crippen molar-refractivity contribution in [2.75, 3.05) is 13.1 Å². The maximum Gasteiger partial charge on any atom is 0.410 e. The zero-order valence-corrected chi connectivity index (χ0v) is 16.2. The van der Waals surface area contributed by atoms with E-state index in [1.807, 2.05) is 0 Å². The smallest absolute Gasteiger partial charge is 0.410 e. The molecular weight excluding hydrogens is 372 g/mol. The molecule has 10 heteroatoms. The normalized spacial score (nSPS) is 19.1. The Kier molecular flexibility index (Phi) is 5.18. The highest BCUT2D eigenvalue weighted by atomic mass is 32.2. The van der Waals surface area contributed by atoms with Gasteiger partial charge < -0.3 is 14.6 Å². The number of benzene rings is 1. The van der Waals surface area contributed by atoms with Crippen LogP contribution in [0, 0.1) is 10.1 Å². The zero-order chi connectivity index (χ0) is 19.8. The number of carbonyl (C=O) groups is 1. The molecule has 0 spiro atoms. The van der Waals surface area contributed by atoms with Crippen LogP contribution < -0.4 is 0 Å². The predicted octanol–water partition coefficient (Wildman–Crippen LogP) is 2.98. The van der Waals surface area contributed by atoms with E-state index >= 15 is 0 Å². The van der Waals surface area contributed by atoms with Crippen LogP contribution in [-0.4, -0.2) is 54.0 Å². The number of nitrogens with one attached hydrogen (secondary N) is 1. The van der Waals surface area contributed by atoms with Crippen molar-refractivity contribution in [2.45, 2.75) is 49.6 Å². The third-order valence-corrected chi connectivity index (χ3v) is 5.74. The van der Waals surface area contributed by atoms with Crippen molar-refractivity contribution in [1.29, 1.82) is 0 Å². The summed E-state index contributed by atoms with van der Waals surface area (Å²) in [6.45, 7) is 6.29. The maximum atomic E-state index is 12.9. The van der Waals surface area contributed by atoms with Crippen LogP contribution in [0.25, 0.3) is 11.0 Å². The molecule has 3 rings (SSSR count). The van der Waals surface area contributed by atoms with E-state index in [9.17, 15) is 19.1 Å². The summed E-state index contributed by atoms with van der Waals surface area (Å²) < 4.78 is 18.3. The fraction of sp³-hybridized carbons (Fsp3) is 0.529. The van der Waals surface area contributed by atoms with Crippen molar-refractivity contribution in [3.63, 3.8) is 0 Å². The van der Waals surface area contributed by atoms with Gasteiger partial charge in [0, 0.05) is 25.2 Å². The third kappa shape index (κ3) is 4.44. The Labute approximate surface area is 158 Å². The van der Waals surface area contributed by atoms with Gasteiger partial charge in [-0.2, -0.15) is 0 Å². The second kappa shape index (κ2) is 7.26. The zero-order valence-electron chi connectivity index (χ0n) is 15.4. The SMILES string of the molecule is CC(C)(C)OC(=O)N1CCCC(S(=O)c2nc3ccc([N+](=O)[O-])cc3[nH]2)C1. The number of carbonyl (C=O) groups excluding carboxylic acids is 1. The van der Waals surface area contributed by atoms with E-state index in [-0.39, 0.29) is 16.1 Å². The minimum absolute atomic E-state index is 0.0581. The number of H-pyrrole nitrogens is 1. The highest BCUT2D eigenvalue weighted by molar-refractivity contribution is 7.85. The standard InChI is InChI=1S/C17H22N4O5S/c1-17(2,3)26-16(22)20-8-4-5-12(10-20)27(25)15-18-13-7-6-11(21(23)24)9-14(13)19-15/h6-7,9,12H,4-5,8,10H2,1-3H3,(H,18,19). The Bertz CT molecular complexity index is 904.